The molecule has 16 nitrogen and oxygen atoms in total. The second-order valence-corrected chi connectivity index (χ2v) is 20.3. The van der Waals surface area contributed by atoms with Crippen molar-refractivity contribution in [3.8, 4) is 11.5 Å². The van der Waals surface area contributed by atoms with Gasteiger partial charge >= 0.3 is 0 Å². The van der Waals surface area contributed by atoms with Crippen LogP contribution in [0.2, 0.25) is 0 Å². The highest BCUT2D eigenvalue weighted by Gasteiger charge is 2.50. The number of pyridine rings is 1. The van der Waals surface area contributed by atoms with Gasteiger partial charge in [0.15, 0.2) is 11.4 Å². The fourth-order valence-electron chi connectivity index (χ4n) is 10.6. The van der Waals surface area contributed by atoms with Gasteiger partial charge in [0.05, 0.1) is 28.0 Å². The number of piperazine rings is 1. The van der Waals surface area contributed by atoms with Crippen molar-refractivity contribution in [1.29, 1.82) is 0 Å². The molecule has 9 rings (SSSR count). The van der Waals surface area contributed by atoms with Crippen molar-refractivity contribution in [2.75, 3.05) is 75.1 Å². The molecule has 346 valence electrons. The summed E-state index contributed by atoms with van der Waals surface area (Å²) in [6, 6.07) is 22.4. The number of aromatic nitrogens is 1. The number of carbonyl (C=O) groups excluding carboxylic acids is 1. The summed E-state index contributed by atoms with van der Waals surface area (Å²) in [6.45, 7) is 11.1. The number of ether oxygens (including phenoxy) is 3. The smallest absolute Gasteiger partial charge is 0.297 e. The first-order valence-corrected chi connectivity index (χ1v) is 24.4. The molecule has 65 heavy (non-hydrogen) atoms. The van der Waals surface area contributed by atoms with E-state index in [1.54, 1.807) is 12.1 Å². The Hall–Kier alpha value is -5.49. The molecule has 3 saturated heterocycles. The highest BCUT2D eigenvalue weighted by atomic mass is 32.2. The number of hydrogen-bond acceptors (Lipinski definition) is 14. The third-order valence-corrected chi connectivity index (χ3v) is 15.4. The molecule has 0 bridgehead atoms. The normalized spacial score (nSPS) is 21.8. The molecule has 17 heteroatoms. The number of nitrogens with one attached hydrogen (secondary N) is 3. The van der Waals surface area contributed by atoms with Crippen molar-refractivity contribution < 1.29 is 32.3 Å². The average molecular weight is 909 g/mol. The van der Waals surface area contributed by atoms with Crippen LogP contribution < -0.4 is 29.7 Å². The summed E-state index contributed by atoms with van der Waals surface area (Å²) in [5, 5.41) is 18.5. The Balaban J connectivity index is 0.812. The van der Waals surface area contributed by atoms with Crippen molar-refractivity contribution in [3.05, 3.63) is 106 Å². The summed E-state index contributed by atoms with van der Waals surface area (Å²) in [5.74, 6) is 1.26. The number of piperidine rings is 1. The van der Waals surface area contributed by atoms with Crippen molar-refractivity contribution in [2.24, 2.45) is 11.3 Å². The molecule has 5 aliphatic rings. The number of nitro benzene ring substituents is 1. The molecule has 4 aromatic rings. The van der Waals surface area contributed by atoms with Crippen molar-refractivity contribution in [3.63, 3.8) is 0 Å². The van der Waals surface area contributed by atoms with Gasteiger partial charge < -0.3 is 29.7 Å². The van der Waals surface area contributed by atoms with Gasteiger partial charge in [-0.15, -0.1) is 0 Å². The number of para-hydroxylation sites is 1. The Morgan fingerprint density at radius 3 is 2.46 bits per heavy atom. The fourth-order valence-corrected chi connectivity index (χ4v) is 11.6. The predicted octanol–water partition coefficient (Wildman–Crippen LogP) is 6.85. The first kappa shape index (κ1) is 44.7. The topological polar surface area (TPSA) is 181 Å². The zero-order chi connectivity index (χ0) is 45.3. The van der Waals surface area contributed by atoms with Gasteiger partial charge in [-0.25, -0.2) is 18.1 Å². The lowest BCUT2D eigenvalue weighted by atomic mass is 9.59. The van der Waals surface area contributed by atoms with E-state index >= 15 is 0 Å². The number of sulfonamides is 1. The van der Waals surface area contributed by atoms with E-state index in [4.69, 9.17) is 14.2 Å². The number of benzene rings is 3. The molecule has 2 atom stereocenters. The Morgan fingerprint density at radius 1 is 1.02 bits per heavy atom. The van der Waals surface area contributed by atoms with Crippen LogP contribution in [0.15, 0.2) is 83.9 Å². The minimum atomic E-state index is -4.48. The summed E-state index contributed by atoms with van der Waals surface area (Å²) in [5.41, 5.74) is 3.57. The van der Waals surface area contributed by atoms with Crippen LogP contribution in [-0.2, 0) is 21.3 Å². The van der Waals surface area contributed by atoms with Gasteiger partial charge in [0.25, 0.3) is 21.6 Å². The van der Waals surface area contributed by atoms with Gasteiger partial charge in [-0.3, -0.25) is 24.7 Å². The monoisotopic (exact) mass is 908 g/mol. The number of amides is 1. The average Bonchev–Trinajstić information content (AvgIpc) is 3.30. The molecular formula is C48H60N8O8S. The Labute approximate surface area is 381 Å². The van der Waals surface area contributed by atoms with Gasteiger partial charge in [-0.05, 0) is 106 Å². The largest absolute Gasteiger partial charge is 0.491 e. The lowest BCUT2D eigenvalue weighted by Gasteiger charge is -2.58. The van der Waals surface area contributed by atoms with E-state index < -0.39 is 31.4 Å². The molecule has 3 aromatic carbocycles. The SMILES string of the molecule is CNc1ccc(CN2CCN(C3CC4(CCN(c5ccc(C(=O)NS(=O)(=O)c6cc7c(c([N+](=O)[O-])c6)N[C@H](C6CCOCC6)CO7)cc5)CC4)C3)[C@H](c3ccccc3OC(C)C)C2)cn1. The van der Waals surface area contributed by atoms with E-state index in [0.29, 0.717) is 19.3 Å². The molecule has 1 aliphatic carbocycles. The van der Waals surface area contributed by atoms with E-state index in [9.17, 15) is 23.3 Å². The maximum Gasteiger partial charge on any atom is 0.297 e. The van der Waals surface area contributed by atoms with Crippen molar-refractivity contribution in [1.82, 2.24) is 19.5 Å². The molecule has 1 saturated carbocycles. The van der Waals surface area contributed by atoms with Crippen LogP contribution in [0, 0.1) is 21.4 Å². The highest BCUT2D eigenvalue weighted by Crippen LogP contribution is 2.53. The van der Waals surface area contributed by atoms with E-state index in [-0.39, 0.29) is 53.1 Å². The molecule has 4 aliphatic heterocycles. The molecular weight excluding hydrogens is 849 g/mol. The second-order valence-electron chi connectivity index (χ2n) is 18.6. The number of anilines is 3. The third kappa shape index (κ3) is 9.74. The van der Waals surface area contributed by atoms with Gasteiger partial charge in [-0.2, -0.15) is 0 Å². The standard InChI is InChI=1S/C48H60N8O8S/c1-32(2)64-43-7-5-4-6-39(43)42-30-53(29-33-8-13-45(49-3)50-28-33)20-21-55(42)37-26-48(27-37)16-18-54(19-17-48)36-11-9-35(10-12-36)47(57)52-65(60,61)38-24-41(56(58)59)46-44(25-38)63-31-40(51-46)34-14-22-62-23-15-34/h4-13,24-25,28,32,34,37,40,42,51H,14-23,26-27,29-31H2,1-3H3,(H,49,50)(H,52,57)/t40-,42-/m0/s1. The Kier molecular flexibility index (Phi) is 12.9. The summed E-state index contributed by atoms with van der Waals surface area (Å²) in [7, 11) is -2.60. The molecule has 5 heterocycles. The number of rotatable bonds is 13. The van der Waals surface area contributed by atoms with Crippen molar-refractivity contribution in [2.45, 2.75) is 88.0 Å². The molecule has 0 radical (unpaired) electrons. The summed E-state index contributed by atoms with van der Waals surface area (Å²) in [6.07, 6.45) is 8.07. The minimum absolute atomic E-state index is 0.0573. The zero-order valence-corrected chi connectivity index (χ0v) is 38.2. The van der Waals surface area contributed by atoms with Crippen LogP contribution in [0.3, 0.4) is 0 Å². The fraction of sp³-hybridized carbons (Fsp3) is 0.500. The van der Waals surface area contributed by atoms with Crippen LogP contribution >= 0.6 is 0 Å². The van der Waals surface area contributed by atoms with Gasteiger partial charge in [0.1, 0.15) is 18.2 Å². The summed E-state index contributed by atoms with van der Waals surface area (Å²) < 4.78 is 46.8. The maximum atomic E-state index is 13.5. The molecule has 3 N–H and O–H groups in total. The molecule has 1 amide bonds. The van der Waals surface area contributed by atoms with E-state index in [0.717, 1.165) is 101 Å². The first-order valence-electron chi connectivity index (χ1n) is 22.9. The van der Waals surface area contributed by atoms with Gasteiger partial charge in [0, 0.05) is 101 Å². The number of nitrogens with zero attached hydrogens (tertiary/aromatic N) is 5. The molecule has 1 spiro atoms. The Bertz CT molecular complexity index is 2450. The second kappa shape index (κ2) is 18.8. The van der Waals surface area contributed by atoms with E-state index in [2.05, 4.69) is 79.2 Å². The first-order chi connectivity index (χ1) is 31.4. The molecule has 0 unspecified atom stereocenters. The maximum absolute atomic E-state index is 13.5. The summed E-state index contributed by atoms with van der Waals surface area (Å²) in [4.78, 5) is 36.6. The van der Waals surface area contributed by atoms with Crippen LogP contribution in [-0.4, -0.2) is 112 Å². The molecule has 1 aromatic heterocycles. The van der Waals surface area contributed by atoms with E-state index in [1.807, 2.05) is 31.4 Å². The Morgan fingerprint density at radius 2 is 1.77 bits per heavy atom. The van der Waals surface area contributed by atoms with Crippen LogP contribution in [0.4, 0.5) is 22.9 Å². The predicted molar refractivity (Wildman–Crippen MR) is 248 cm³/mol. The number of nitro groups is 1. The number of carbonyl (C=O) groups is 1. The lowest BCUT2D eigenvalue weighted by Crippen LogP contribution is -2.59. The molecule has 4 fully saturated rings. The van der Waals surface area contributed by atoms with Crippen molar-refractivity contribution >= 4 is 38.8 Å². The van der Waals surface area contributed by atoms with Gasteiger partial charge in [-0.1, -0.05) is 24.3 Å². The van der Waals surface area contributed by atoms with Crippen LogP contribution in [0.5, 0.6) is 11.5 Å². The zero-order valence-electron chi connectivity index (χ0n) is 37.4. The van der Waals surface area contributed by atoms with Crippen LogP contribution in [0.25, 0.3) is 0 Å². The lowest BCUT2D eigenvalue weighted by molar-refractivity contribution is -0.384. The summed E-state index contributed by atoms with van der Waals surface area (Å²) >= 11 is 0. The number of hydrogen-bond donors (Lipinski definition) is 3. The highest BCUT2D eigenvalue weighted by molar-refractivity contribution is 7.90. The van der Waals surface area contributed by atoms with Crippen LogP contribution in [0.1, 0.15) is 79.9 Å². The minimum Gasteiger partial charge on any atom is -0.491 e. The number of fused-ring (bicyclic) bond motifs is 1. The van der Waals surface area contributed by atoms with Gasteiger partial charge in [0.2, 0.25) is 0 Å². The quantitative estimate of drug-likeness (QED) is 0.0937. The van der Waals surface area contributed by atoms with E-state index in [1.165, 1.54) is 17.2 Å². The third-order valence-electron chi connectivity index (χ3n) is 14.1.